The zero-order chi connectivity index (χ0) is 30.2. The van der Waals surface area contributed by atoms with Crippen molar-refractivity contribution in [3.8, 4) is 5.75 Å². The summed E-state index contributed by atoms with van der Waals surface area (Å²) in [7, 11) is 3.37. The van der Waals surface area contributed by atoms with Gasteiger partial charge in [-0.05, 0) is 30.4 Å². The molecule has 2 fully saturated rings. The van der Waals surface area contributed by atoms with E-state index in [1.807, 2.05) is 0 Å². The molecular formula is C26H25F3N4O7S. The summed E-state index contributed by atoms with van der Waals surface area (Å²) in [5.74, 6) is -11.3. The van der Waals surface area contributed by atoms with Crippen LogP contribution in [0.3, 0.4) is 0 Å². The van der Waals surface area contributed by atoms with Crippen molar-refractivity contribution in [3.63, 3.8) is 0 Å². The summed E-state index contributed by atoms with van der Waals surface area (Å²) < 4.78 is 38.8. The maximum Gasteiger partial charge on any atom is 0.434 e. The van der Waals surface area contributed by atoms with Crippen LogP contribution in [-0.4, -0.2) is 63.9 Å². The summed E-state index contributed by atoms with van der Waals surface area (Å²) >= 11 is 0.707. The van der Waals surface area contributed by atoms with Gasteiger partial charge < -0.3 is 26.2 Å². The first-order valence-electron chi connectivity index (χ1n) is 12.6. The van der Waals surface area contributed by atoms with Crippen molar-refractivity contribution >= 4 is 51.2 Å². The Kier molecular flexibility index (Phi) is 6.72. The Labute approximate surface area is 234 Å². The third-order valence-corrected chi connectivity index (χ3v) is 8.96. The van der Waals surface area contributed by atoms with Crippen LogP contribution in [0.1, 0.15) is 40.0 Å². The summed E-state index contributed by atoms with van der Waals surface area (Å²) in [6, 6.07) is 1.57. The van der Waals surface area contributed by atoms with Gasteiger partial charge in [0.25, 0.3) is 0 Å². The summed E-state index contributed by atoms with van der Waals surface area (Å²) in [6.45, 7) is -0.215. The number of fused-ring (bicyclic) bond motifs is 3. The quantitative estimate of drug-likeness (QED) is 0.371. The van der Waals surface area contributed by atoms with Crippen LogP contribution in [0.25, 0.3) is 0 Å². The first-order chi connectivity index (χ1) is 19.1. The number of halogens is 3. The second kappa shape index (κ2) is 9.62. The van der Waals surface area contributed by atoms with Crippen LogP contribution in [-0.2, 0) is 38.3 Å². The molecule has 0 saturated heterocycles. The minimum atomic E-state index is -4.63. The highest BCUT2D eigenvalue weighted by atomic mass is 32.1. The molecule has 3 aliphatic rings. The van der Waals surface area contributed by atoms with Crippen molar-refractivity contribution in [1.82, 2.24) is 4.98 Å². The van der Waals surface area contributed by atoms with Crippen molar-refractivity contribution in [2.75, 3.05) is 24.3 Å². The SMILES string of the molecule is CN(C)c1cc(CNc2nc(C(F)(F)F)cs2)c(O)c2c1C[C@H]1C[C@H]3CC(=O)C(C(N)=O)C(=O)[C@@]3(O)C(=O)C1C2=O. The van der Waals surface area contributed by atoms with E-state index in [-0.39, 0.29) is 35.6 Å². The van der Waals surface area contributed by atoms with Gasteiger partial charge in [-0.25, -0.2) is 4.98 Å². The number of ketones is 4. The van der Waals surface area contributed by atoms with Crippen molar-refractivity contribution < 1.29 is 47.4 Å². The second-order valence-electron chi connectivity index (χ2n) is 10.8. The number of anilines is 2. The number of alkyl halides is 3. The second-order valence-corrected chi connectivity index (χ2v) is 11.6. The number of carbonyl (C=O) groups is 5. The van der Waals surface area contributed by atoms with Crippen molar-refractivity contribution in [2.24, 2.45) is 29.4 Å². The minimum absolute atomic E-state index is 0.0381. The molecule has 2 saturated carbocycles. The number of primary amides is 1. The molecule has 1 aromatic carbocycles. The van der Waals surface area contributed by atoms with E-state index in [0.717, 1.165) is 5.38 Å². The van der Waals surface area contributed by atoms with Gasteiger partial charge in [0.2, 0.25) is 5.91 Å². The standard InChI is InChI=1S/C26H25F3N4O7S/c1-33(2)13-5-10(7-31-24-32-15(8-41-24)26(27,28)29)19(35)17-12(13)4-9-3-11-6-14(34)18(23(30)39)22(38)25(11,40)21(37)16(9)20(17)36/h5,8-9,11,16,18,35,40H,3-4,6-7H2,1-2H3,(H2,30,39)(H,31,32)/t9-,11+,16?,18?,25+/m1/s1. The van der Waals surface area contributed by atoms with Gasteiger partial charge in [0.15, 0.2) is 45.5 Å². The highest BCUT2D eigenvalue weighted by Crippen LogP contribution is 2.51. The number of thiazole rings is 1. The van der Waals surface area contributed by atoms with Crippen LogP contribution in [0, 0.1) is 23.7 Å². The predicted molar refractivity (Wildman–Crippen MR) is 137 cm³/mol. The number of aromatic hydroxyl groups is 1. The molecule has 0 aliphatic heterocycles. The number of nitrogens with zero attached hydrogens (tertiary/aromatic N) is 2. The molecule has 3 aliphatic carbocycles. The molecule has 11 nitrogen and oxygen atoms in total. The smallest absolute Gasteiger partial charge is 0.434 e. The molecule has 0 radical (unpaired) electrons. The number of aliphatic hydroxyl groups is 1. The maximum atomic E-state index is 13.9. The number of phenols is 1. The fourth-order valence-corrected chi connectivity index (χ4v) is 6.97. The number of nitrogens with one attached hydrogen (secondary N) is 1. The van der Waals surface area contributed by atoms with E-state index >= 15 is 0 Å². The predicted octanol–water partition coefficient (Wildman–Crippen LogP) is 1.48. The van der Waals surface area contributed by atoms with Gasteiger partial charge in [0.1, 0.15) is 5.75 Å². The van der Waals surface area contributed by atoms with Crippen molar-refractivity contribution in [1.29, 1.82) is 0 Å². The van der Waals surface area contributed by atoms with Gasteiger partial charge >= 0.3 is 6.18 Å². The third-order valence-electron chi connectivity index (χ3n) is 8.16. The lowest BCUT2D eigenvalue weighted by molar-refractivity contribution is -0.175. The van der Waals surface area contributed by atoms with E-state index in [1.165, 1.54) is 0 Å². The summed E-state index contributed by atoms with van der Waals surface area (Å²) in [4.78, 5) is 70.1. The molecule has 1 heterocycles. The Morgan fingerprint density at radius 1 is 1.22 bits per heavy atom. The lowest BCUT2D eigenvalue weighted by atomic mass is 9.53. The number of nitrogens with two attached hydrogens (primary N) is 1. The molecule has 1 amide bonds. The van der Waals surface area contributed by atoms with E-state index in [9.17, 15) is 47.4 Å². The number of aromatic nitrogens is 1. The number of phenolic OH excluding ortho intramolecular Hbond substituents is 1. The number of Topliss-reactive ketones (excluding diaryl/α,β-unsaturated/α-hetero) is 4. The van der Waals surface area contributed by atoms with Gasteiger partial charge in [-0.15, -0.1) is 11.3 Å². The van der Waals surface area contributed by atoms with Crippen LogP contribution in [0.5, 0.6) is 5.75 Å². The topological polar surface area (TPSA) is 180 Å². The van der Waals surface area contributed by atoms with Crippen LogP contribution < -0.4 is 16.0 Å². The number of amides is 1. The number of hydrogen-bond donors (Lipinski definition) is 4. The Morgan fingerprint density at radius 3 is 2.49 bits per heavy atom. The molecule has 1 aromatic heterocycles. The molecule has 2 unspecified atom stereocenters. The van der Waals surface area contributed by atoms with Gasteiger partial charge in [0.05, 0.1) is 11.5 Å². The summed E-state index contributed by atoms with van der Waals surface area (Å²) in [5.41, 5.74) is 2.21. The fraction of sp³-hybridized carbons (Fsp3) is 0.462. The molecule has 0 bridgehead atoms. The van der Waals surface area contributed by atoms with Gasteiger partial charge in [-0.3, -0.25) is 24.0 Å². The van der Waals surface area contributed by atoms with Gasteiger partial charge in [-0.1, -0.05) is 0 Å². The molecule has 2 aromatic rings. The highest BCUT2D eigenvalue weighted by molar-refractivity contribution is 7.13. The van der Waals surface area contributed by atoms with E-state index < -0.39 is 82.4 Å². The molecular weight excluding hydrogens is 569 g/mol. The molecule has 5 N–H and O–H groups in total. The monoisotopic (exact) mass is 594 g/mol. The zero-order valence-corrected chi connectivity index (χ0v) is 22.6. The minimum Gasteiger partial charge on any atom is -0.507 e. The first kappa shape index (κ1) is 28.7. The summed E-state index contributed by atoms with van der Waals surface area (Å²) in [6.07, 6.45) is -5.01. The van der Waals surface area contributed by atoms with E-state index in [2.05, 4.69) is 10.3 Å². The normalized spacial score (nSPS) is 27.7. The van der Waals surface area contributed by atoms with Gasteiger partial charge in [0, 0.05) is 49.6 Å². The largest absolute Gasteiger partial charge is 0.507 e. The molecule has 41 heavy (non-hydrogen) atoms. The zero-order valence-electron chi connectivity index (χ0n) is 21.7. The first-order valence-corrected chi connectivity index (χ1v) is 13.4. The number of benzene rings is 1. The highest BCUT2D eigenvalue weighted by Gasteiger charge is 2.66. The van der Waals surface area contributed by atoms with Crippen LogP contribution in [0.4, 0.5) is 24.0 Å². The van der Waals surface area contributed by atoms with E-state index in [0.29, 0.717) is 22.6 Å². The number of carbonyl (C=O) groups excluding carboxylic acids is 5. The lowest BCUT2D eigenvalue weighted by Gasteiger charge is -2.48. The lowest BCUT2D eigenvalue weighted by Crippen LogP contribution is -2.68. The van der Waals surface area contributed by atoms with E-state index in [4.69, 9.17) is 5.73 Å². The average molecular weight is 595 g/mol. The van der Waals surface area contributed by atoms with Crippen LogP contribution >= 0.6 is 11.3 Å². The Morgan fingerprint density at radius 2 is 1.90 bits per heavy atom. The average Bonchev–Trinajstić information content (AvgIpc) is 3.35. The third kappa shape index (κ3) is 4.38. The fourth-order valence-electron chi connectivity index (χ4n) is 6.26. The summed E-state index contributed by atoms with van der Waals surface area (Å²) in [5, 5.41) is 26.0. The van der Waals surface area contributed by atoms with Crippen LogP contribution in [0.15, 0.2) is 11.4 Å². The molecule has 5 rings (SSSR count). The molecule has 218 valence electrons. The molecule has 5 atom stereocenters. The van der Waals surface area contributed by atoms with Gasteiger partial charge in [-0.2, -0.15) is 13.2 Å². The Balaban J connectivity index is 1.52. The van der Waals surface area contributed by atoms with E-state index in [1.54, 1.807) is 25.1 Å². The molecule has 15 heteroatoms. The number of rotatable bonds is 5. The number of hydrogen-bond acceptors (Lipinski definition) is 11. The molecule has 0 spiro atoms. The Bertz CT molecular complexity index is 1520. The Hall–Kier alpha value is -3.85. The van der Waals surface area contributed by atoms with Crippen molar-refractivity contribution in [2.45, 2.75) is 37.6 Å². The maximum absolute atomic E-state index is 13.9. The van der Waals surface area contributed by atoms with Crippen LogP contribution in [0.2, 0.25) is 0 Å². The van der Waals surface area contributed by atoms with Crippen molar-refractivity contribution in [3.05, 3.63) is 33.8 Å².